The van der Waals surface area contributed by atoms with Crippen molar-refractivity contribution in [3.8, 4) is 0 Å². The van der Waals surface area contributed by atoms with Gasteiger partial charge in [0.1, 0.15) is 0 Å². The molecule has 2 rings (SSSR count). The van der Waals surface area contributed by atoms with Crippen molar-refractivity contribution >= 4 is 22.2 Å². The van der Waals surface area contributed by atoms with E-state index in [2.05, 4.69) is 4.72 Å². The zero-order chi connectivity index (χ0) is 12.4. The van der Waals surface area contributed by atoms with Gasteiger partial charge in [0.05, 0.1) is 12.2 Å². The number of rotatable bonds is 3. The molecule has 5 nitrogen and oxygen atoms in total. The Morgan fingerprint density at radius 2 is 2.12 bits per heavy atom. The van der Waals surface area contributed by atoms with Crippen molar-refractivity contribution in [2.45, 2.75) is 6.67 Å². The first kappa shape index (κ1) is 11.9. The SMILES string of the molecule is O=c1c(F)cc2ccccc2n1CNS(=O)O. The standard InChI is InChI=1S/C10H9FN2O3S/c11-8-5-7-3-1-2-4-9(7)13(10(8)14)6-12-17(15)16/h1-5,12H,6H2,(H,15,16). The van der Waals surface area contributed by atoms with Gasteiger partial charge >= 0.3 is 0 Å². The Labute approximate surface area is 98.3 Å². The predicted octanol–water partition coefficient (Wildman–Crippen LogP) is 0.824. The van der Waals surface area contributed by atoms with Crippen LogP contribution in [0.5, 0.6) is 0 Å². The van der Waals surface area contributed by atoms with Gasteiger partial charge in [-0.15, -0.1) is 0 Å². The molecule has 1 aromatic carbocycles. The summed E-state index contributed by atoms with van der Waals surface area (Å²) in [5, 5.41) is 0.551. The molecule has 7 heteroatoms. The first-order valence-corrected chi connectivity index (χ1v) is 5.82. The van der Waals surface area contributed by atoms with E-state index >= 15 is 0 Å². The van der Waals surface area contributed by atoms with E-state index in [1.54, 1.807) is 24.3 Å². The van der Waals surface area contributed by atoms with Gasteiger partial charge in [0.25, 0.3) is 5.56 Å². The van der Waals surface area contributed by atoms with Gasteiger partial charge in [-0.05, 0) is 12.1 Å². The summed E-state index contributed by atoms with van der Waals surface area (Å²) < 4.78 is 35.6. The number of hydrogen-bond donors (Lipinski definition) is 2. The molecule has 0 amide bonds. The lowest BCUT2D eigenvalue weighted by atomic mass is 10.2. The lowest BCUT2D eigenvalue weighted by molar-refractivity contribution is 0.524. The lowest BCUT2D eigenvalue weighted by Crippen LogP contribution is -2.30. The van der Waals surface area contributed by atoms with E-state index in [0.717, 1.165) is 10.6 Å². The van der Waals surface area contributed by atoms with Gasteiger partial charge in [-0.3, -0.25) is 13.9 Å². The van der Waals surface area contributed by atoms with Crippen LogP contribution in [0.15, 0.2) is 35.1 Å². The van der Waals surface area contributed by atoms with Gasteiger partial charge in [0.2, 0.25) is 11.3 Å². The molecule has 1 unspecified atom stereocenters. The van der Waals surface area contributed by atoms with Crippen molar-refractivity contribution in [3.63, 3.8) is 0 Å². The Bertz CT molecular complexity index is 641. The molecule has 0 bridgehead atoms. The Morgan fingerprint density at radius 1 is 1.41 bits per heavy atom. The molecule has 0 saturated heterocycles. The summed E-state index contributed by atoms with van der Waals surface area (Å²) in [7, 11) is 0. The number of pyridine rings is 1. The van der Waals surface area contributed by atoms with E-state index in [9.17, 15) is 13.4 Å². The third-order valence-electron chi connectivity index (χ3n) is 2.31. The van der Waals surface area contributed by atoms with Crippen LogP contribution in [0, 0.1) is 5.82 Å². The Balaban J connectivity index is 2.61. The molecular weight excluding hydrogens is 247 g/mol. The Morgan fingerprint density at radius 3 is 2.82 bits per heavy atom. The lowest BCUT2D eigenvalue weighted by Gasteiger charge is -2.09. The smallest absolute Gasteiger partial charge is 0.288 e. The molecule has 90 valence electrons. The van der Waals surface area contributed by atoms with Crippen LogP contribution >= 0.6 is 0 Å². The molecule has 2 N–H and O–H groups in total. The molecule has 0 spiro atoms. The van der Waals surface area contributed by atoms with Crippen molar-refractivity contribution in [3.05, 3.63) is 46.5 Å². The van der Waals surface area contributed by atoms with Gasteiger partial charge < -0.3 is 0 Å². The number of nitrogens with one attached hydrogen (secondary N) is 1. The highest BCUT2D eigenvalue weighted by Crippen LogP contribution is 2.12. The summed E-state index contributed by atoms with van der Waals surface area (Å²) in [6.45, 7) is -0.236. The van der Waals surface area contributed by atoms with Gasteiger partial charge in [-0.25, -0.2) is 8.60 Å². The quantitative estimate of drug-likeness (QED) is 0.799. The second kappa shape index (κ2) is 4.74. The van der Waals surface area contributed by atoms with Crippen molar-refractivity contribution in [1.29, 1.82) is 0 Å². The minimum Gasteiger partial charge on any atom is -0.294 e. The van der Waals surface area contributed by atoms with Crippen LogP contribution in [-0.4, -0.2) is 13.3 Å². The van der Waals surface area contributed by atoms with Crippen LogP contribution in [0.3, 0.4) is 0 Å². The molecule has 2 aromatic rings. The minimum atomic E-state index is -2.26. The first-order chi connectivity index (χ1) is 8.09. The van der Waals surface area contributed by atoms with Crippen LogP contribution in [0.1, 0.15) is 0 Å². The van der Waals surface area contributed by atoms with Gasteiger partial charge in [0, 0.05) is 5.39 Å². The Hall–Kier alpha value is -1.57. The zero-order valence-electron chi connectivity index (χ0n) is 8.59. The molecule has 17 heavy (non-hydrogen) atoms. The van der Waals surface area contributed by atoms with E-state index in [-0.39, 0.29) is 6.67 Å². The molecule has 0 saturated carbocycles. The largest absolute Gasteiger partial charge is 0.294 e. The highest BCUT2D eigenvalue weighted by Gasteiger charge is 2.08. The highest BCUT2D eigenvalue weighted by molar-refractivity contribution is 7.77. The van der Waals surface area contributed by atoms with Crippen LogP contribution in [0.25, 0.3) is 10.9 Å². The molecule has 1 aromatic heterocycles. The minimum absolute atomic E-state index is 0.236. The van der Waals surface area contributed by atoms with Gasteiger partial charge in [-0.1, -0.05) is 18.2 Å². The zero-order valence-corrected chi connectivity index (χ0v) is 9.41. The van der Waals surface area contributed by atoms with Crippen molar-refractivity contribution in [2.75, 3.05) is 0 Å². The number of aromatic nitrogens is 1. The van der Waals surface area contributed by atoms with Gasteiger partial charge in [0.15, 0.2) is 5.82 Å². The van der Waals surface area contributed by atoms with Crippen molar-refractivity contribution in [2.24, 2.45) is 0 Å². The summed E-state index contributed by atoms with van der Waals surface area (Å²) in [6, 6.07) is 7.85. The summed E-state index contributed by atoms with van der Waals surface area (Å²) in [5.41, 5.74) is -0.335. The number of nitrogens with zero attached hydrogens (tertiary/aromatic N) is 1. The third-order valence-corrected chi connectivity index (χ3v) is 2.68. The second-order valence-electron chi connectivity index (χ2n) is 3.34. The molecule has 1 heterocycles. The maximum absolute atomic E-state index is 13.3. The fourth-order valence-electron chi connectivity index (χ4n) is 1.57. The molecule has 0 aliphatic heterocycles. The van der Waals surface area contributed by atoms with Crippen LogP contribution in [0.2, 0.25) is 0 Å². The molecule has 1 atom stereocenters. The molecule has 0 aliphatic carbocycles. The number of halogens is 1. The van der Waals surface area contributed by atoms with E-state index in [0.29, 0.717) is 10.9 Å². The second-order valence-corrected chi connectivity index (χ2v) is 4.12. The maximum atomic E-state index is 13.3. The van der Waals surface area contributed by atoms with Crippen LogP contribution in [-0.2, 0) is 17.9 Å². The first-order valence-electron chi connectivity index (χ1n) is 4.72. The van der Waals surface area contributed by atoms with Crippen molar-refractivity contribution < 1.29 is 13.2 Å². The molecule has 0 fully saturated rings. The fourth-order valence-corrected chi connectivity index (χ4v) is 1.81. The normalized spacial score (nSPS) is 12.8. The molecule has 0 aliphatic rings. The summed E-state index contributed by atoms with van der Waals surface area (Å²) >= 11 is -2.26. The maximum Gasteiger partial charge on any atom is 0.288 e. The number of fused-ring (bicyclic) bond motifs is 1. The fraction of sp³-hybridized carbons (Fsp3) is 0.100. The summed E-state index contributed by atoms with van der Waals surface area (Å²) in [6.07, 6.45) is 0. The number of para-hydroxylation sites is 1. The Kier molecular flexibility index (Phi) is 3.32. The van der Waals surface area contributed by atoms with E-state index in [4.69, 9.17) is 4.55 Å². The van der Waals surface area contributed by atoms with Gasteiger partial charge in [-0.2, -0.15) is 4.72 Å². The van der Waals surface area contributed by atoms with E-state index in [1.807, 2.05) is 0 Å². The third kappa shape index (κ3) is 2.41. The summed E-state index contributed by atoms with van der Waals surface area (Å²) in [4.78, 5) is 11.6. The monoisotopic (exact) mass is 256 g/mol. The van der Waals surface area contributed by atoms with Crippen molar-refractivity contribution in [1.82, 2.24) is 9.29 Å². The van der Waals surface area contributed by atoms with E-state index < -0.39 is 22.6 Å². The highest BCUT2D eigenvalue weighted by atomic mass is 32.2. The molecular formula is C10H9FN2O3S. The van der Waals surface area contributed by atoms with Crippen LogP contribution in [0.4, 0.5) is 4.39 Å². The average molecular weight is 256 g/mol. The number of benzene rings is 1. The predicted molar refractivity (Wildman–Crippen MR) is 62.1 cm³/mol. The topological polar surface area (TPSA) is 71.3 Å². The van der Waals surface area contributed by atoms with Crippen LogP contribution < -0.4 is 10.3 Å². The average Bonchev–Trinajstić information content (AvgIpc) is 2.29. The summed E-state index contributed by atoms with van der Waals surface area (Å²) in [5.74, 6) is -0.894. The molecule has 0 radical (unpaired) electrons. The van der Waals surface area contributed by atoms with E-state index in [1.165, 1.54) is 0 Å². The number of hydrogen-bond acceptors (Lipinski definition) is 2.